The van der Waals surface area contributed by atoms with Crippen LogP contribution >= 0.6 is 0 Å². The Balaban J connectivity index is 1.83. The lowest BCUT2D eigenvalue weighted by Gasteiger charge is -2.17. The van der Waals surface area contributed by atoms with Crippen LogP contribution in [-0.2, 0) is 0 Å². The van der Waals surface area contributed by atoms with Crippen molar-refractivity contribution < 1.29 is 0 Å². The van der Waals surface area contributed by atoms with Crippen molar-refractivity contribution in [1.82, 2.24) is 9.78 Å². The molecule has 0 amide bonds. The van der Waals surface area contributed by atoms with Crippen molar-refractivity contribution in [2.75, 3.05) is 0 Å². The molecule has 19 heavy (non-hydrogen) atoms. The van der Waals surface area contributed by atoms with Crippen LogP contribution in [-0.4, -0.2) is 9.78 Å². The molecule has 1 heterocycles. The van der Waals surface area contributed by atoms with Crippen LogP contribution in [0.15, 0.2) is 54.2 Å². The minimum absolute atomic E-state index is 0.0507. The highest BCUT2D eigenvalue weighted by molar-refractivity contribution is 5.31. The second kappa shape index (κ2) is 5.41. The summed E-state index contributed by atoms with van der Waals surface area (Å²) >= 11 is 0. The predicted octanol–water partition coefficient (Wildman–Crippen LogP) is 3.37. The summed E-state index contributed by atoms with van der Waals surface area (Å²) in [6, 6.07) is 12.1. The van der Waals surface area contributed by atoms with Crippen LogP contribution in [0.3, 0.4) is 0 Å². The highest BCUT2D eigenvalue weighted by Crippen LogP contribution is 2.27. The Bertz CT molecular complexity index is 569. The summed E-state index contributed by atoms with van der Waals surface area (Å²) < 4.78 is 1.89. The Kier molecular flexibility index (Phi) is 3.47. The second-order valence-corrected chi connectivity index (χ2v) is 5.02. The van der Waals surface area contributed by atoms with Crippen LogP contribution in [0.5, 0.6) is 0 Å². The fourth-order valence-corrected chi connectivity index (χ4v) is 2.56. The zero-order valence-corrected chi connectivity index (χ0v) is 11.0. The molecule has 1 aliphatic rings. The fourth-order valence-electron chi connectivity index (χ4n) is 2.56. The van der Waals surface area contributed by atoms with E-state index < -0.39 is 0 Å². The van der Waals surface area contributed by atoms with Gasteiger partial charge in [0.1, 0.15) is 0 Å². The summed E-state index contributed by atoms with van der Waals surface area (Å²) in [6.07, 6.45) is 9.07. The lowest BCUT2D eigenvalue weighted by Crippen LogP contribution is -2.15. The first kappa shape index (κ1) is 12.2. The molecule has 1 aliphatic carbocycles. The van der Waals surface area contributed by atoms with E-state index in [9.17, 15) is 0 Å². The average molecular weight is 253 g/mol. The molecular formula is C16H19N3. The summed E-state index contributed by atoms with van der Waals surface area (Å²) in [6.45, 7) is 0. The summed E-state index contributed by atoms with van der Waals surface area (Å²) in [5.74, 6) is 0. The van der Waals surface area contributed by atoms with Crippen LogP contribution in [0.4, 0.5) is 0 Å². The quantitative estimate of drug-likeness (QED) is 0.852. The van der Waals surface area contributed by atoms with Gasteiger partial charge in [-0.05, 0) is 43.9 Å². The van der Waals surface area contributed by atoms with Crippen LogP contribution in [0.25, 0.3) is 5.69 Å². The largest absolute Gasteiger partial charge is 0.319 e. The number of aromatic nitrogens is 2. The molecule has 0 bridgehead atoms. The average Bonchev–Trinajstić information content (AvgIpc) is 2.98. The fraction of sp³-hybridized carbons (Fsp3) is 0.312. The second-order valence-electron chi connectivity index (χ2n) is 5.02. The van der Waals surface area contributed by atoms with E-state index in [2.05, 4.69) is 11.2 Å². The van der Waals surface area contributed by atoms with Crippen molar-refractivity contribution in [1.29, 1.82) is 0 Å². The maximum Gasteiger partial charge on any atom is 0.0838 e. The number of hydrogen-bond donors (Lipinski definition) is 1. The first-order chi connectivity index (χ1) is 9.34. The standard InChI is InChI=1S/C16H19N3/c17-16(13-7-3-1-4-8-13)15-11-12-19(18-15)14-9-5-2-6-10-14/h2,5-7,9-12,16H,1,3-4,8,17H2. The van der Waals surface area contributed by atoms with Gasteiger partial charge in [-0.25, -0.2) is 4.68 Å². The molecule has 1 aromatic carbocycles. The number of nitrogens with zero attached hydrogens (tertiary/aromatic N) is 2. The molecule has 0 saturated heterocycles. The molecule has 0 aliphatic heterocycles. The van der Waals surface area contributed by atoms with Crippen molar-refractivity contribution in [3.05, 3.63) is 59.9 Å². The van der Waals surface area contributed by atoms with Gasteiger partial charge in [-0.15, -0.1) is 0 Å². The number of hydrogen-bond acceptors (Lipinski definition) is 2. The topological polar surface area (TPSA) is 43.8 Å². The van der Waals surface area contributed by atoms with Gasteiger partial charge in [-0.1, -0.05) is 29.8 Å². The van der Waals surface area contributed by atoms with Gasteiger partial charge >= 0.3 is 0 Å². The van der Waals surface area contributed by atoms with Gasteiger partial charge in [-0.2, -0.15) is 5.10 Å². The van der Waals surface area contributed by atoms with Crippen LogP contribution in [0, 0.1) is 0 Å². The maximum absolute atomic E-state index is 6.32. The van der Waals surface area contributed by atoms with Gasteiger partial charge in [0, 0.05) is 6.20 Å². The molecule has 2 aromatic rings. The summed E-state index contributed by atoms with van der Waals surface area (Å²) in [5, 5.41) is 4.61. The van der Waals surface area contributed by atoms with E-state index in [-0.39, 0.29) is 6.04 Å². The number of para-hydroxylation sites is 1. The van der Waals surface area contributed by atoms with Crippen molar-refractivity contribution in [3.8, 4) is 5.69 Å². The Labute approximate surface area is 113 Å². The predicted molar refractivity (Wildman–Crippen MR) is 77.0 cm³/mol. The first-order valence-corrected chi connectivity index (χ1v) is 6.90. The molecule has 3 nitrogen and oxygen atoms in total. The number of allylic oxidation sites excluding steroid dienone is 1. The van der Waals surface area contributed by atoms with Crippen LogP contribution in [0.1, 0.15) is 37.4 Å². The van der Waals surface area contributed by atoms with Gasteiger partial charge < -0.3 is 5.73 Å². The molecule has 3 rings (SSSR count). The van der Waals surface area contributed by atoms with Crippen molar-refractivity contribution in [2.24, 2.45) is 5.73 Å². The molecule has 1 aromatic heterocycles. The SMILES string of the molecule is NC(C1=CCCCC1)c1ccn(-c2ccccc2)n1. The minimum Gasteiger partial charge on any atom is -0.319 e. The lowest BCUT2D eigenvalue weighted by atomic mass is 9.93. The number of nitrogens with two attached hydrogens (primary N) is 1. The zero-order chi connectivity index (χ0) is 13.1. The minimum atomic E-state index is -0.0507. The van der Waals surface area contributed by atoms with E-state index in [1.807, 2.05) is 47.3 Å². The molecule has 1 unspecified atom stereocenters. The van der Waals surface area contributed by atoms with E-state index in [1.165, 1.54) is 18.4 Å². The lowest BCUT2D eigenvalue weighted by molar-refractivity contribution is 0.636. The maximum atomic E-state index is 6.32. The summed E-state index contributed by atoms with van der Waals surface area (Å²) in [5.41, 5.74) is 9.68. The third kappa shape index (κ3) is 2.61. The molecule has 1 atom stereocenters. The highest BCUT2D eigenvalue weighted by atomic mass is 15.3. The molecule has 3 heteroatoms. The van der Waals surface area contributed by atoms with E-state index in [0.29, 0.717) is 0 Å². The van der Waals surface area contributed by atoms with E-state index in [0.717, 1.165) is 24.2 Å². The molecule has 0 saturated carbocycles. The molecule has 2 N–H and O–H groups in total. The smallest absolute Gasteiger partial charge is 0.0838 e. The van der Waals surface area contributed by atoms with Gasteiger partial charge in [0.15, 0.2) is 0 Å². The first-order valence-electron chi connectivity index (χ1n) is 6.90. The van der Waals surface area contributed by atoms with E-state index in [1.54, 1.807) is 0 Å². The molecule has 0 fully saturated rings. The highest BCUT2D eigenvalue weighted by Gasteiger charge is 2.16. The summed E-state index contributed by atoms with van der Waals surface area (Å²) in [7, 11) is 0. The Morgan fingerprint density at radius 1 is 1.11 bits per heavy atom. The van der Waals surface area contributed by atoms with Crippen molar-refractivity contribution >= 4 is 0 Å². The van der Waals surface area contributed by atoms with Crippen molar-refractivity contribution in [2.45, 2.75) is 31.7 Å². The van der Waals surface area contributed by atoms with Crippen molar-refractivity contribution in [3.63, 3.8) is 0 Å². The number of rotatable bonds is 3. The Hall–Kier alpha value is -1.87. The normalized spacial score (nSPS) is 17.0. The van der Waals surface area contributed by atoms with Gasteiger partial charge in [-0.3, -0.25) is 0 Å². The Morgan fingerprint density at radius 3 is 2.68 bits per heavy atom. The van der Waals surface area contributed by atoms with Crippen LogP contribution < -0.4 is 5.73 Å². The molecule has 0 spiro atoms. The van der Waals surface area contributed by atoms with Crippen LogP contribution in [0.2, 0.25) is 0 Å². The molecule has 0 radical (unpaired) electrons. The van der Waals surface area contributed by atoms with E-state index in [4.69, 9.17) is 5.73 Å². The van der Waals surface area contributed by atoms with Gasteiger partial charge in [0.25, 0.3) is 0 Å². The molecule has 98 valence electrons. The monoisotopic (exact) mass is 253 g/mol. The Morgan fingerprint density at radius 2 is 1.95 bits per heavy atom. The summed E-state index contributed by atoms with van der Waals surface area (Å²) in [4.78, 5) is 0. The third-order valence-corrected chi connectivity index (χ3v) is 3.67. The number of benzene rings is 1. The van der Waals surface area contributed by atoms with Gasteiger partial charge in [0.2, 0.25) is 0 Å². The van der Waals surface area contributed by atoms with E-state index >= 15 is 0 Å². The molecular weight excluding hydrogens is 234 g/mol. The van der Waals surface area contributed by atoms with Gasteiger partial charge in [0.05, 0.1) is 17.4 Å². The zero-order valence-electron chi connectivity index (χ0n) is 11.0. The third-order valence-electron chi connectivity index (χ3n) is 3.67.